The van der Waals surface area contributed by atoms with Crippen molar-refractivity contribution in [3.63, 3.8) is 0 Å². The Morgan fingerprint density at radius 2 is 2.14 bits per heavy atom. The van der Waals surface area contributed by atoms with Gasteiger partial charge in [0.15, 0.2) is 0 Å². The van der Waals surface area contributed by atoms with Crippen molar-refractivity contribution in [3.05, 3.63) is 23.0 Å². The van der Waals surface area contributed by atoms with Crippen LogP contribution in [0.3, 0.4) is 0 Å². The Hall–Kier alpha value is -0.760. The number of rotatable bonds is 3. The van der Waals surface area contributed by atoms with Crippen molar-refractivity contribution in [3.8, 4) is 0 Å². The van der Waals surface area contributed by atoms with Gasteiger partial charge in [0, 0.05) is 24.0 Å². The van der Waals surface area contributed by atoms with Gasteiger partial charge in [-0.1, -0.05) is 0 Å². The molecule has 1 aliphatic rings. The van der Waals surface area contributed by atoms with E-state index in [0.29, 0.717) is 12.6 Å². The minimum atomic E-state index is 0.662. The number of hydrogen-bond acceptors (Lipinski definition) is 1. The monoisotopic (exact) mass is 192 g/mol. The zero-order valence-corrected chi connectivity index (χ0v) is 9.38. The summed E-state index contributed by atoms with van der Waals surface area (Å²) in [5.41, 5.74) is 9.74. The molecule has 78 valence electrons. The van der Waals surface area contributed by atoms with Gasteiger partial charge in [0.25, 0.3) is 0 Å². The van der Waals surface area contributed by atoms with Crippen LogP contribution in [0, 0.1) is 19.8 Å². The molecule has 1 saturated carbocycles. The largest absolute Gasteiger partial charge is 0.346 e. The summed E-state index contributed by atoms with van der Waals surface area (Å²) in [5, 5.41) is 0. The molecule has 0 aromatic carbocycles. The van der Waals surface area contributed by atoms with Crippen LogP contribution in [0.5, 0.6) is 0 Å². The Morgan fingerprint density at radius 3 is 2.57 bits per heavy atom. The number of nitrogens with two attached hydrogens (primary N) is 1. The molecular weight excluding hydrogens is 172 g/mol. The Balaban J connectivity index is 2.35. The lowest BCUT2D eigenvalue weighted by Crippen LogP contribution is -2.11. The number of hydrogen-bond donors (Lipinski definition) is 1. The number of aromatic nitrogens is 1. The van der Waals surface area contributed by atoms with Crippen molar-refractivity contribution in [1.82, 2.24) is 4.57 Å². The average molecular weight is 192 g/mol. The number of nitrogens with zero attached hydrogens (tertiary/aromatic N) is 1. The van der Waals surface area contributed by atoms with E-state index in [1.165, 1.54) is 29.8 Å². The predicted molar refractivity (Wildman–Crippen MR) is 59.2 cm³/mol. The summed E-state index contributed by atoms with van der Waals surface area (Å²) in [4.78, 5) is 0. The van der Waals surface area contributed by atoms with Crippen molar-refractivity contribution in [2.24, 2.45) is 11.7 Å². The van der Waals surface area contributed by atoms with Gasteiger partial charge in [0.2, 0.25) is 0 Å². The smallest absolute Gasteiger partial charge is 0.0335 e. The lowest BCUT2D eigenvalue weighted by Gasteiger charge is -2.18. The summed E-state index contributed by atoms with van der Waals surface area (Å²) < 4.78 is 2.46. The fourth-order valence-electron chi connectivity index (χ4n) is 2.47. The first-order valence-electron chi connectivity index (χ1n) is 5.52. The Labute approximate surface area is 86.1 Å². The van der Waals surface area contributed by atoms with E-state index in [1.54, 1.807) is 0 Å². The third-order valence-corrected chi connectivity index (χ3v) is 3.52. The first-order valence-corrected chi connectivity index (χ1v) is 5.52. The van der Waals surface area contributed by atoms with Crippen molar-refractivity contribution >= 4 is 0 Å². The summed E-state index contributed by atoms with van der Waals surface area (Å²) in [6.45, 7) is 7.37. The lowest BCUT2D eigenvalue weighted by atomic mass is 10.2. The summed E-state index contributed by atoms with van der Waals surface area (Å²) in [6, 6.07) is 2.89. The van der Waals surface area contributed by atoms with E-state index >= 15 is 0 Å². The van der Waals surface area contributed by atoms with E-state index in [1.807, 2.05) is 0 Å². The highest BCUT2D eigenvalue weighted by molar-refractivity contribution is 5.27. The molecule has 0 radical (unpaired) electrons. The van der Waals surface area contributed by atoms with Crippen LogP contribution in [0.1, 0.15) is 42.8 Å². The summed E-state index contributed by atoms with van der Waals surface area (Å²) >= 11 is 0. The van der Waals surface area contributed by atoms with Gasteiger partial charge in [0.1, 0.15) is 0 Å². The van der Waals surface area contributed by atoms with E-state index in [4.69, 9.17) is 5.73 Å². The standard InChI is InChI=1S/C12H20N2/c1-8-6-12(7-13)10(3)14(8)9(2)11-4-5-11/h6,9,11H,4-5,7,13H2,1-3H3. The van der Waals surface area contributed by atoms with E-state index < -0.39 is 0 Å². The normalized spacial score (nSPS) is 18.6. The average Bonchev–Trinajstić information content (AvgIpc) is 2.93. The van der Waals surface area contributed by atoms with Gasteiger partial charge in [-0.05, 0) is 51.2 Å². The van der Waals surface area contributed by atoms with Gasteiger partial charge >= 0.3 is 0 Å². The van der Waals surface area contributed by atoms with Crippen molar-refractivity contribution < 1.29 is 0 Å². The second-order valence-corrected chi connectivity index (χ2v) is 4.55. The maximum absolute atomic E-state index is 5.71. The molecule has 1 fully saturated rings. The van der Waals surface area contributed by atoms with E-state index in [9.17, 15) is 0 Å². The molecule has 2 heteroatoms. The first kappa shape index (κ1) is 9.78. The molecule has 0 bridgehead atoms. The quantitative estimate of drug-likeness (QED) is 0.784. The molecule has 1 heterocycles. The molecule has 2 nitrogen and oxygen atoms in total. The highest BCUT2D eigenvalue weighted by atomic mass is 15.0. The highest BCUT2D eigenvalue weighted by Crippen LogP contribution is 2.41. The van der Waals surface area contributed by atoms with E-state index in [-0.39, 0.29) is 0 Å². The second kappa shape index (κ2) is 3.43. The van der Waals surface area contributed by atoms with Gasteiger partial charge in [-0.15, -0.1) is 0 Å². The molecule has 1 aromatic rings. The molecule has 0 amide bonds. The van der Waals surface area contributed by atoms with Crippen LogP contribution in [0.25, 0.3) is 0 Å². The lowest BCUT2D eigenvalue weighted by molar-refractivity contribution is 0.469. The van der Waals surface area contributed by atoms with Crippen LogP contribution in [-0.2, 0) is 6.54 Å². The molecule has 0 spiro atoms. The van der Waals surface area contributed by atoms with Crippen LogP contribution >= 0.6 is 0 Å². The molecule has 0 aliphatic heterocycles. The van der Waals surface area contributed by atoms with Crippen LogP contribution in [-0.4, -0.2) is 4.57 Å². The fraction of sp³-hybridized carbons (Fsp3) is 0.667. The third kappa shape index (κ3) is 1.48. The third-order valence-electron chi connectivity index (χ3n) is 3.52. The van der Waals surface area contributed by atoms with Gasteiger partial charge in [-0.2, -0.15) is 0 Å². The molecule has 2 N–H and O–H groups in total. The van der Waals surface area contributed by atoms with Gasteiger partial charge in [-0.25, -0.2) is 0 Å². The Kier molecular flexibility index (Phi) is 2.40. The molecule has 2 rings (SSSR count). The summed E-state index contributed by atoms with van der Waals surface area (Å²) in [6.07, 6.45) is 2.80. The zero-order chi connectivity index (χ0) is 10.3. The van der Waals surface area contributed by atoms with Crippen molar-refractivity contribution in [2.45, 2.75) is 46.2 Å². The Bertz CT molecular complexity index is 334. The summed E-state index contributed by atoms with van der Waals surface area (Å²) in [7, 11) is 0. The van der Waals surface area contributed by atoms with Gasteiger partial charge in [0.05, 0.1) is 0 Å². The number of aryl methyl sites for hydroxylation is 1. The maximum Gasteiger partial charge on any atom is 0.0335 e. The van der Waals surface area contributed by atoms with E-state index in [2.05, 4.69) is 31.4 Å². The first-order chi connectivity index (χ1) is 6.65. The molecule has 1 aliphatic carbocycles. The minimum absolute atomic E-state index is 0.662. The topological polar surface area (TPSA) is 30.9 Å². The van der Waals surface area contributed by atoms with E-state index in [0.717, 1.165) is 5.92 Å². The zero-order valence-electron chi connectivity index (χ0n) is 9.38. The molecule has 1 atom stereocenters. The highest BCUT2D eigenvalue weighted by Gasteiger charge is 2.30. The molecule has 1 unspecified atom stereocenters. The molecule has 0 saturated heterocycles. The molecule has 1 aromatic heterocycles. The van der Waals surface area contributed by atoms with Crippen molar-refractivity contribution in [1.29, 1.82) is 0 Å². The van der Waals surface area contributed by atoms with Gasteiger partial charge < -0.3 is 10.3 Å². The van der Waals surface area contributed by atoms with Crippen LogP contribution in [0.15, 0.2) is 6.07 Å². The second-order valence-electron chi connectivity index (χ2n) is 4.55. The van der Waals surface area contributed by atoms with Crippen molar-refractivity contribution in [2.75, 3.05) is 0 Å². The maximum atomic E-state index is 5.71. The fourth-order valence-corrected chi connectivity index (χ4v) is 2.47. The molecule has 14 heavy (non-hydrogen) atoms. The predicted octanol–water partition coefficient (Wildman–Crippen LogP) is 2.53. The minimum Gasteiger partial charge on any atom is -0.346 e. The van der Waals surface area contributed by atoms with Gasteiger partial charge in [-0.3, -0.25) is 0 Å². The van der Waals surface area contributed by atoms with Crippen LogP contribution in [0.2, 0.25) is 0 Å². The SMILES string of the molecule is Cc1cc(CN)c(C)n1C(C)C1CC1. The van der Waals surface area contributed by atoms with Crippen LogP contribution in [0.4, 0.5) is 0 Å². The summed E-state index contributed by atoms with van der Waals surface area (Å²) in [5.74, 6) is 0.908. The Morgan fingerprint density at radius 1 is 1.50 bits per heavy atom. The van der Waals surface area contributed by atoms with Crippen LogP contribution < -0.4 is 5.73 Å². The molecular formula is C12H20N2.